The molecule has 11 heteroatoms. The molecule has 186 valence electrons. The van der Waals surface area contributed by atoms with Crippen LogP contribution in [0.2, 0.25) is 0 Å². The predicted octanol–water partition coefficient (Wildman–Crippen LogP) is 4.68. The molecule has 1 heterocycles. The van der Waals surface area contributed by atoms with Crippen LogP contribution in [0.3, 0.4) is 0 Å². The lowest BCUT2D eigenvalue weighted by atomic mass is 10.1. The number of benzene rings is 2. The molecule has 0 saturated heterocycles. The highest BCUT2D eigenvalue weighted by molar-refractivity contribution is 5.89. The fourth-order valence-electron chi connectivity index (χ4n) is 2.84. The van der Waals surface area contributed by atoms with Crippen LogP contribution in [0.5, 0.6) is 11.8 Å². The minimum absolute atomic E-state index is 0.0330. The number of hydrogen-bond donors (Lipinski definition) is 2. The van der Waals surface area contributed by atoms with Gasteiger partial charge in [-0.1, -0.05) is 24.3 Å². The fraction of sp³-hybridized carbons (Fsp3) is 0.333. The van der Waals surface area contributed by atoms with E-state index in [4.69, 9.17) is 9.47 Å². The molecule has 0 aliphatic carbocycles. The Morgan fingerprint density at radius 1 is 0.943 bits per heavy atom. The first-order valence-electron chi connectivity index (χ1n) is 10.6. The van der Waals surface area contributed by atoms with Gasteiger partial charge in [0.1, 0.15) is 17.2 Å². The molecule has 0 fully saturated rings. The molecule has 3 rings (SSSR count). The summed E-state index contributed by atoms with van der Waals surface area (Å²) in [5, 5.41) is 12.3. The summed E-state index contributed by atoms with van der Waals surface area (Å²) in [6, 6.07) is 12.5. The first-order chi connectivity index (χ1) is 16.4. The second-order valence-corrected chi connectivity index (χ2v) is 8.66. The number of phenolic OH excluding ortho intramolecular Hbond substituents is 1. The number of esters is 1. The normalized spacial score (nSPS) is 11.7. The zero-order valence-electron chi connectivity index (χ0n) is 19.4. The maximum Gasteiger partial charge on any atom is 0.422 e. The molecular weight excluding hydrogens is 465 g/mol. The van der Waals surface area contributed by atoms with Gasteiger partial charge in [0.2, 0.25) is 5.95 Å². The predicted molar refractivity (Wildman–Crippen MR) is 121 cm³/mol. The van der Waals surface area contributed by atoms with Crippen molar-refractivity contribution >= 4 is 11.9 Å². The summed E-state index contributed by atoms with van der Waals surface area (Å²) < 4.78 is 47.9. The van der Waals surface area contributed by atoms with Crippen LogP contribution in [0.1, 0.15) is 48.1 Å². The standard InChI is InChI=1S/C24H25F3N4O4/c1-23(2,3)35-20(33)17-8-4-15(5-9-17)12-19-29-21(28-13-16-6-10-18(32)11-7-16)31-22(30-19)34-14-24(25,26)27/h4-11,32H,12-14H2,1-3H3,(H,28,29,30,31). The molecule has 0 bridgehead atoms. The Labute approximate surface area is 200 Å². The van der Waals surface area contributed by atoms with Crippen molar-refractivity contribution < 1.29 is 32.5 Å². The molecule has 0 unspecified atom stereocenters. The molecule has 0 atom stereocenters. The van der Waals surface area contributed by atoms with Crippen molar-refractivity contribution in [2.75, 3.05) is 11.9 Å². The molecule has 0 saturated carbocycles. The summed E-state index contributed by atoms with van der Waals surface area (Å²) in [5.41, 5.74) is 1.25. The first-order valence-corrected chi connectivity index (χ1v) is 10.6. The van der Waals surface area contributed by atoms with Gasteiger partial charge < -0.3 is 19.9 Å². The number of ether oxygens (including phenoxy) is 2. The van der Waals surface area contributed by atoms with Crippen LogP contribution in [0.15, 0.2) is 48.5 Å². The smallest absolute Gasteiger partial charge is 0.422 e. The number of rotatable bonds is 8. The maximum atomic E-state index is 12.6. The minimum Gasteiger partial charge on any atom is -0.508 e. The molecule has 2 aromatic carbocycles. The van der Waals surface area contributed by atoms with E-state index in [1.807, 2.05) is 0 Å². The monoisotopic (exact) mass is 490 g/mol. The van der Waals surface area contributed by atoms with E-state index in [1.54, 1.807) is 57.2 Å². The summed E-state index contributed by atoms with van der Waals surface area (Å²) in [4.78, 5) is 24.4. The number of anilines is 1. The molecule has 0 aliphatic heterocycles. The van der Waals surface area contributed by atoms with Crippen LogP contribution in [0, 0.1) is 0 Å². The Morgan fingerprint density at radius 2 is 1.57 bits per heavy atom. The van der Waals surface area contributed by atoms with E-state index >= 15 is 0 Å². The average Bonchev–Trinajstić information content (AvgIpc) is 2.76. The quantitative estimate of drug-likeness (QED) is 0.439. The SMILES string of the molecule is CC(C)(C)OC(=O)c1ccc(Cc2nc(NCc3ccc(O)cc3)nc(OCC(F)(F)F)n2)cc1. The summed E-state index contributed by atoms with van der Waals surface area (Å²) in [6.07, 6.45) is -4.39. The lowest BCUT2D eigenvalue weighted by Gasteiger charge is -2.19. The number of carbonyl (C=O) groups excluding carboxylic acids is 1. The van der Waals surface area contributed by atoms with E-state index in [0.717, 1.165) is 11.1 Å². The van der Waals surface area contributed by atoms with E-state index in [1.165, 1.54) is 12.1 Å². The van der Waals surface area contributed by atoms with Crippen molar-refractivity contribution in [1.82, 2.24) is 15.0 Å². The van der Waals surface area contributed by atoms with Gasteiger partial charge in [-0.05, 0) is 56.2 Å². The number of aromatic nitrogens is 3. The number of halogens is 3. The molecule has 0 spiro atoms. The van der Waals surface area contributed by atoms with Crippen LogP contribution in [0.4, 0.5) is 19.1 Å². The van der Waals surface area contributed by atoms with E-state index in [-0.39, 0.29) is 30.5 Å². The third-order valence-electron chi connectivity index (χ3n) is 4.36. The van der Waals surface area contributed by atoms with E-state index in [0.29, 0.717) is 5.56 Å². The summed E-state index contributed by atoms with van der Waals surface area (Å²) in [6.45, 7) is 4.02. The number of hydrogen-bond acceptors (Lipinski definition) is 8. The number of alkyl halides is 3. The van der Waals surface area contributed by atoms with E-state index in [9.17, 15) is 23.1 Å². The average molecular weight is 490 g/mol. The zero-order valence-corrected chi connectivity index (χ0v) is 19.4. The van der Waals surface area contributed by atoms with Crippen LogP contribution in [0.25, 0.3) is 0 Å². The molecule has 2 N–H and O–H groups in total. The van der Waals surface area contributed by atoms with Gasteiger partial charge in [-0.3, -0.25) is 0 Å². The van der Waals surface area contributed by atoms with Crippen LogP contribution >= 0.6 is 0 Å². The lowest BCUT2D eigenvalue weighted by molar-refractivity contribution is -0.154. The summed E-state index contributed by atoms with van der Waals surface area (Å²) in [5.74, 6) is -0.148. The molecule has 0 amide bonds. The minimum atomic E-state index is -4.55. The molecule has 1 aromatic heterocycles. The maximum absolute atomic E-state index is 12.6. The van der Waals surface area contributed by atoms with Crippen LogP contribution in [-0.2, 0) is 17.7 Å². The number of nitrogens with one attached hydrogen (secondary N) is 1. The third kappa shape index (κ3) is 8.76. The largest absolute Gasteiger partial charge is 0.508 e. The highest BCUT2D eigenvalue weighted by Crippen LogP contribution is 2.19. The molecule has 0 radical (unpaired) electrons. The van der Waals surface area contributed by atoms with Crippen LogP contribution in [-0.4, -0.2) is 44.4 Å². The van der Waals surface area contributed by atoms with Gasteiger partial charge in [-0.25, -0.2) is 4.79 Å². The van der Waals surface area contributed by atoms with Gasteiger partial charge in [0, 0.05) is 13.0 Å². The fourth-order valence-corrected chi connectivity index (χ4v) is 2.84. The van der Waals surface area contributed by atoms with Crippen molar-refractivity contribution in [2.24, 2.45) is 0 Å². The second kappa shape index (κ2) is 10.6. The number of carbonyl (C=O) groups is 1. The lowest BCUT2D eigenvalue weighted by Crippen LogP contribution is -2.23. The molecule has 8 nitrogen and oxygen atoms in total. The molecule has 3 aromatic rings. The van der Waals surface area contributed by atoms with Gasteiger partial charge in [0.25, 0.3) is 0 Å². The van der Waals surface area contributed by atoms with E-state index < -0.39 is 30.4 Å². The van der Waals surface area contributed by atoms with Crippen molar-refractivity contribution in [3.05, 3.63) is 71.0 Å². The van der Waals surface area contributed by atoms with Crippen molar-refractivity contribution in [3.8, 4) is 11.8 Å². The Morgan fingerprint density at radius 3 is 2.17 bits per heavy atom. The molecular formula is C24H25F3N4O4. The summed E-state index contributed by atoms with van der Waals surface area (Å²) in [7, 11) is 0. The Bertz CT molecular complexity index is 1150. The molecule has 0 aliphatic rings. The first kappa shape index (κ1) is 25.7. The van der Waals surface area contributed by atoms with Crippen molar-refractivity contribution in [3.63, 3.8) is 0 Å². The van der Waals surface area contributed by atoms with E-state index in [2.05, 4.69) is 20.3 Å². The third-order valence-corrected chi connectivity index (χ3v) is 4.36. The summed E-state index contributed by atoms with van der Waals surface area (Å²) >= 11 is 0. The van der Waals surface area contributed by atoms with Crippen molar-refractivity contribution in [1.29, 1.82) is 0 Å². The second-order valence-electron chi connectivity index (χ2n) is 8.66. The van der Waals surface area contributed by atoms with Gasteiger partial charge >= 0.3 is 18.2 Å². The molecule has 35 heavy (non-hydrogen) atoms. The highest BCUT2D eigenvalue weighted by Gasteiger charge is 2.29. The van der Waals surface area contributed by atoms with Gasteiger partial charge in [-0.2, -0.15) is 28.1 Å². The topological polar surface area (TPSA) is 106 Å². The number of nitrogens with zero attached hydrogens (tertiary/aromatic N) is 3. The number of phenols is 1. The number of aromatic hydroxyl groups is 1. The van der Waals surface area contributed by atoms with Gasteiger partial charge in [-0.15, -0.1) is 0 Å². The Hall–Kier alpha value is -3.89. The van der Waals surface area contributed by atoms with Gasteiger partial charge in [0.15, 0.2) is 6.61 Å². The Kier molecular flexibility index (Phi) is 7.78. The van der Waals surface area contributed by atoms with Crippen LogP contribution < -0.4 is 10.1 Å². The zero-order chi connectivity index (χ0) is 25.6. The van der Waals surface area contributed by atoms with Crippen molar-refractivity contribution in [2.45, 2.75) is 45.5 Å². The highest BCUT2D eigenvalue weighted by atomic mass is 19.4. The van der Waals surface area contributed by atoms with Gasteiger partial charge in [0.05, 0.1) is 5.56 Å². The Balaban J connectivity index is 1.76.